The Kier molecular flexibility index (Phi) is 6.26. The van der Waals surface area contributed by atoms with E-state index in [9.17, 15) is 0 Å². The summed E-state index contributed by atoms with van der Waals surface area (Å²) in [5.74, 6) is 0.938. The van der Waals surface area contributed by atoms with Crippen LogP contribution < -0.4 is 0 Å². The maximum atomic E-state index is 5.65. The summed E-state index contributed by atoms with van der Waals surface area (Å²) in [4.78, 5) is 14.7. The molecule has 23 heavy (non-hydrogen) atoms. The first-order valence-corrected chi connectivity index (χ1v) is 9.01. The van der Waals surface area contributed by atoms with Crippen molar-refractivity contribution < 1.29 is 4.84 Å². The summed E-state index contributed by atoms with van der Waals surface area (Å²) in [6.07, 6.45) is 11.3. The van der Waals surface area contributed by atoms with E-state index in [1.807, 2.05) is 12.3 Å². The van der Waals surface area contributed by atoms with E-state index in [1.54, 1.807) is 6.20 Å². The second kappa shape index (κ2) is 8.87. The van der Waals surface area contributed by atoms with Crippen LogP contribution in [0.25, 0.3) is 0 Å². The van der Waals surface area contributed by atoms with Crippen LogP contribution in [0.2, 0.25) is 0 Å². The van der Waals surface area contributed by atoms with Crippen molar-refractivity contribution in [3.63, 3.8) is 0 Å². The molecule has 0 bridgehead atoms. The van der Waals surface area contributed by atoms with Gasteiger partial charge in [0.25, 0.3) is 0 Å². The van der Waals surface area contributed by atoms with Gasteiger partial charge in [0.2, 0.25) is 0 Å². The Morgan fingerprint density at radius 1 is 1.09 bits per heavy atom. The van der Waals surface area contributed by atoms with Gasteiger partial charge in [-0.1, -0.05) is 11.6 Å². The van der Waals surface area contributed by atoms with E-state index in [2.05, 4.69) is 26.0 Å². The van der Waals surface area contributed by atoms with Gasteiger partial charge in [0.05, 0.1) is 0 Å². The number of likely N-dealkylation sites (tertiary alicyclic amines) is 2. The molecule has 0 saturated carbocycles. The quantitative estimate of drug-likeness (QED) is 0.350. The summed E-state index contributed by atoms with van der Waals surface area (Å²) in [5, 5.41) is 4.44. The Morgan fingerprint density at radius 2 is 1.87 bits per heavy atom. The van der Waals surface area contributed by atoms with Gasteiger partial charge in [-0.3, -0.25) is 4.98 Å². The van der Waals surface area contributed by atoms with Gasteiger partial charge in [-0.2, -0.15) is 0 Å². The van der Waals surface area contributed by atoms with Crippen LogP contribution in [0.1, 0.15) is 44.1 Å². The predicted octanol–water partition coefficient (Wildman–Crippen LogP) is 2.73. The molecule has 0 N–H and O–H groups in total. The van der Waals surface area contributed by atoms with Gasteiger partial charge in [-0.25, -0.2) is 0 Å². The fraction of sp³-hybridized carbons (Fsp3) is 0.667. The topological polar surface area (TPSA) is 41.0 Å². The Hall–Kier alpha value is -1.62. The molecule has 0 radical (unpaired) electrons. The SMILES string of the molecule is c1cncc(/C(=N\OCCCN2CCCCC2)N2CCCC2)c1. The zero-order valence-corrected chi connectivity index (χ0v) is 14.0. The average molecular weight is 316 g/mol. The minimum atomic E-state index is 0.689. The molecule has 126 valence electrons. The van der Waals surface area contributed by atoms with Crippen molar-refractivity contribution >= 4 is 5.84 Å². The normalized spacial score (nSPS) is 20.0. The van der Waals surface area contributed by atoms with Gasteiger partial charge in [0.15, 0.2) is 5.84 Å². The molecular formula is C18H28N4O. The predicted molar refractivity (Wildman–Crippen MR) is 92.4 cm³/mol. The first kappa shape index (κ1) is 16.2. The van der Waals surface area contributed by atoms with Crippen molar-refractivity contribution in [1.82, 2.24) is 14.8 Å². The Bertz CT molecular complexity index is 479. The molecule has 3 heterocycles. The molecule has 2 aliphatic rings. The summed E-state index contributed by atoms with van der Waals surface area (Å²) in [6, 6.07) is 4.01. The molecule has 0 aliphatic carbocycles. The minimum Gasteiger partial charge on any atom is -0.394 e. The molecule has 0 amide bonds. The van der Waals surface area contributed by atoms with Crippen LogP contribution in [0, 0.1) is 0 Å². The Labute approximate surface area is 139 Å². The molecule has 1 aromatic heterocycles. The van der Waals surface area contributed by atoms with E-state index in [1.165, 1.54) is 45.2 Å². The third kappa shape index (κ3) is 4.93. The third-order valence-electron chi connectivity index (χ3n) is 4.64. The van der Waals surface area contributed by atoms with Crippen molar-refractivity contribution in [2.75, 3.05) is 39.3 Å². The van der Waals surface area contributed by atoms with Gasteiger partial charge >= 0.3 is 0 Å². The molecule has 2 saturated heterocycles. The lowest BCUT2D eigenvalue weighted by atomic mass is 10.1. The van der Waals surface area contributed by atoms with Crippen LogP contribution in [-0.4, -0.2) is 60.0 Å². The van der Waals surface area contributed by atoms with E-state index in [0.29, 0.717) is 6.61 Å². The molecule has 5 heteroatoms. The number of aromatic nitrogens is 1. The summed E-state index contributed by atoms with van der Waals surface area (Å²) in [6.45, 7) is 6.43. The molecular weight excluding hydrogens is 288 g/mol. The Morgan fingerprint density at radius 3 is 2.61 bits per heavy atom. The van der Waals surface area contributed by atoms with Crippen LogP contribution >= 0.6 is 0 Å². The maximum absolute atomic E-state index is 5.65. The monoisotopic (exact) mass is 316 g/mol. The molecule has 2 aliphatic heterocycles. The number of oxime groups is 1. The highest BCUT2D eigenvalue weighted by atomic mass is 16.6. The third-order valence-corrected chi connectivity index (χ3v) is 4.64. The van der Waals surface area contributed by atoms with Crippen LogP contribution in [0.15, 0.2) is 29.7 Å². The highest BCUT2D eigenvalue weighted by Gasteiger charge is 2.18. The number of piperidine rings is 1. The molecule has 2 fully saturated rings. The van der Waals surface area contributed by atoms with Crippen molar-refractivity contribution in [1.29, 1.82) is 0 Å². The lowest BCUT2D eigenvalue weighted by Gasteiger charge is -2.26. The Balaban J connectivity index is 1.49. The van der Waals surface area contributed by atoms with Crippen LogP contribution in [0.3, 0.4) is 0 Å². The molecule has 0 atom stereocenters. The lowest BCUT2D eigenvalue weighted by Crippen LogP contribution is -2.31. The van der Waals surface area contributed by atoms with E-state index in [-0.39, 0.29) is 0 Å². The van der Waals surface area contributed by atoms with Gasteiger partial charge in [0, 0.05) is 37.6 Å². The maximum Gasteiger partial charge on any atom is 0.177 e. The first-order valence-electron chi connectivity index (χ1n) is 9.01. The van der Waals surface area contributed by atoms with Gasteiger partial charge in [0.1, 0.15) is 6.61 Å². The summed E-state index contributed by atoms with van der Waals surface area (Å²) in [5.41, 5.74) is 1.05. The minimum absolute atomic E-state index is 0.689. The number of amidine groups is 1. The van der Waals surface area contributed by atoms with Crippen LogP contribution in [0.4, 0.5) is 0 Å². The lowest BCUT2D eigenvalue weighted by molar-refractivity contribution is 0.121. The summed E-state index contributed by atoms with van der Waals surface area (Å²) in [7, 11) is 0. The highest BCUT2D eigenvalue weighted by molar-refractivity contribution is 5.98. The van der Waals surface area contributed by atoms with E-state index in [4.69, 9.17) is 4.84 Å². The smallest absolute Gasteiger partial charge is 0.177 e. The molecule has 3 rings (SSSR count). The van der Waals surface area contributed by atoms with Gasteiger partial charge < -0.3 is 14.6 Å². The van der Waals surface area contributed by atoms with Crippen LogP contribution in [-0.2, 0) is 4.84 Å². The van der Waals surface area contributed by atoms with E-state index < -0.39 is 0 Å². The first-order chi connectivity index (χ1) is 11.4. The largest absolute Gasteiger partial charge is 0.394 e. The standard InChI is InChI=1S/C18H28N4O/c1-2-10-21(11-3-1)12-7-15-23-20-18(22-13-4-5-14-22)17-8-6-9-19-16-17/h6,8-9,16H,1-5,7,10-15H2/b20-18+. The van der Waals surface area contributed by atoms with Crippen LogP contribution in [0.5, 0.6) is 0 Å². The summed E-state index contributed by atoms with van der Waals surface area (Å²) >= 11 is 0. The number of nitrogens with zero attached hydrogens (tertiary/aromatic N) is 4. The van der Waals surface area contributed by atoms with E-state index in [0.717, 1.165) is 37.5 Å². The zero-order valence-electron chi connectivity index (χ0n) is 14.0. The number of hydrogen-bond acceptors (Lipinski definition) is 4. The van der Waals surface area contributed by atoms with E-state index >= 15 is 0 Å². The van der Waals surface area contributed by atoms with Crippen molar-refractivity contribution in [2.45, 2.75) is 38.5 Å². The molecule has 0 spiro atoms. The fourth-order valence-corrected chi connectivity index (χ4v) is 3.36. The second-order valence-electron chi connectivity index (χ2n) is 6.44. The second-order valence-corrected chi connectivity index (χ2v) is 6.44. The van der Waals surface area contributed by atoms with Crippen molar-refractivity contribution in [2.24, 2.45) is 5.16 Å². The van der Waals surface area contributed by atoms with Crippen molar-refractivity contribution in [3.05, 3.63) is 30.1 Å². The zero-order chi connectivity index (χ0) is 15.7. The molecule has 1 aromatic rings. The summed E-state index contributed by atoms with van der Waals surface area (Å²) < 4.78 is 0. The average Bonchev–Trinajstić information content (AvgIpc) is 3.14. The van der Waals surface area contributed by atoms with Gasteiger partial charge in [-0.05, 0) is 57.3 Å². The highest BCUT2D eigenvalue weighted by Crippen LogP contribution is 2.14. The fourth-order valence-electron chi connectivity index (χ4n) is 3.36. The molecule has 0 unspecified atom stereocenters. The molecule has 5 nitrogen and oxygen atoms in total. The molecule has 0 aromatic carbocycles. The number of rotatable bonds is 6. The number of pyridine rings is 1. The number of hydrogen-bond donors (Lipinski definition) is 0. The van der Waals surface area contributed by atoms with Gasteiger partial charge in [-0.15, -0.1) is 0 Å². The van der Waals surface area contributed by atoms with Crippen molar-refractivity contribution in [3.8, 4) is 0 Å².